The van der Waals surface area contributed by atoms with E-state index in [1.807, 2.05) is 6.92 Å². The van der Waals surface area contributed by atoms with Crippen molar-refractivity contribution in [1.29, 1.82) is 0 Å². The van der Waals surface area contributed by atoms with Crippen LogP contribution in [0.3, 0.4) is 0 Å². The highest BCUT2D eigenvalue weighted by molar-refractivity contribution is 5.89. The largest absolute Gasteiger partial charge is 0.481 e. The number of ether oxygens (including phenoxy) is 1. The molecule has 5 nitrogen and oxygen atoms in total. The van der Waals surface area contributed by atoms with Crippen LogP contribution in [0, 0.1) is 11.8 Å². The number of hydrogen-bond acceptors (Lipinski definition) is 3. The summed E-state index contributed by atoms with van der Waals surface area (Å²) in [5, 5.41) is 11.4. The van der Waals surface area contributed by atoms with Gasteiger partial charge in [0.1, 0.15) is 0 Å². The maximum atomic E-state index is 11.5. The van der Waals surface area contributed by atoms with Crippen LogP contribution in [-0.4, -0.2) is 36.7 Å². The maximum absolute atomic E-state index is 11.5. The quantitative estimate of drug-likeness (QED) is 0.666. The summed E-state index contributed by atoms with van der Waals surface area (Å²) in [7, 11) is 1.58. The number of methoxy groups -OCH3 is 1. The summed E-state index contributed by atoms with van der Waals surface area (Å²) in [5.41, 5.74) is 0. The number of nitrogens with one attached hydrogen (secondary N) is 1. The molecule has 0 radical (unpaired) electrons. The van der Waals surface area contributed by atoms with Gasteiger partial charge in [0, 0.05) is 7.11 Å². The molecule has 0 saturated heterocycles. The number of amides is 1. The van der Waals surface area contributed by atoms with Gasteiger partial charge >= 0.3 is 5.97 Å². The Hall–Kier alpha value is -1.10. The fraction of sp³-hybridized carbons (Fsp3) is 0.800. The highest BCUT2D eigenvalue weighted by Gasteiger charge is 2.48. The van der Waals surface area contributed by atoms with E-state index in [2.05, 4.69) is 5.32 Å². The van der Waals surface area contributed by atoms with Gasteiger partial charge in [-0.25, -0.2) is 0 Å². The molecule has 0 heterocycles. The van der Waals surface area contributed by atoms with Gasteiger partial charge in [-0.3, -0.25) is 9.59 Å². The molecule has 0 aliphatic heterocycles. The lowest BCUT2D eigenvalue weighted by Gasteiger charge is -2.15. The van der Waals surface area contributed by atoms with Gasteiger partial charge in [0.2, 0.25) is 5.91 Å². The number of hydrogen-bond donors (Lipinski definition) is 2. The van der Waals surface area contributed by atoms with Crippen LogP contribution in [0.5, 0.6) is 0 Å². The summed E-state index contributed by atoms with van der Waals surface area (Å²) in [6.07, 6.45) is 1.24. The topological polar surface area (TPSA) is 75.6 Å². The molecule has 0 aromatic heterocycles. The normalized spacial score (nSPS) is 25.7. The minimum atomic E-state index is -0.880. The molecule has 86 valence electrons. The van der Waals surface area contributed by atoms with E-state index in [-0.39, 0.29) is 17.9 Å². The van der Waals surface area contributed by atoms with Crippen molar-refractivity contribution in [3.8, 4) is 0 Å². The van der Waals surface area contributed by atoms with Gasteiger partial charge in [0.15, 0.2) is 0 Å². The summed E-state index contributed by atoms with van der Waals surface area (Å²) >= 11 is 0. The third-order valence-corrected chi connectivity index (χ3v) is 2.65. The van der Waals surface area contributed by atoms with Crippen molar-refractivity contribution in [2.24, 2.45) is 11.8 Å². The third kappa shape index (κ3) is 3.20. The smallest absolute Gasteiger partial charge is 0.307 e. The van der Waals surface area contributed by atoms with Gasteiger partial charge in [-0.05, 0) is 12.8 Å². The minimum Gasteiger partial charge on any atom is -0.481 e. The number of rotatable bonds is 6. The van der Waals surface area contributed by atoms with E-state index < -0.39 is 11.9 Å². The molecule has 3 atom stereocenters. The average molecular weight is 215 g/mol. The second-order valence-corrected chi connectivity index (χ2v) is 3.86. The van der Waals surface area contributed by atoms with Gasteiger partial charge in [0.05, 0.1) is 24.5 Å². The standard InChI is InChI=1S/C10H17NO4/c1-3-6(5-15-2)11-9(12)7-4-8(7)10(13)14/h6-8H,3-5H2,1-2H3,(H,11,12)(H,13,14)/t6?,7-,8+/m1/s1. The van der Waals surface area contributed by atoms with Gasteiger partial charge in [-0.15, -0.1) is 0 Å². The predicted molar refractivity (Wildman–Crippen MR) is 53.3 cm³/mol. The highest BCUT2D eigenvalue weighted by Crippen LogP contribution is 2.38. The molecule has 0 bridgehead atoms. The number of carboxylic acids is 1. The zero-order valence-electron chi connectivity index (χ0n) is 9.03. The van der Waals surface area contributed by atoms with Crippen LogP contribution < -0.4 is 5.32 Å². The molecule has 1 saturated carbocycles. The molecule has 15 heavy (non-hydrogen) atoms. The predicted octanol–water partition coefficient (Wildman–Crippen LogP) is 0.248. The van der Waals surface area contributed by atoms with E-state index in [4.69, 9.17) is 9.84 Å². The fourth-order valence-electron chi connectivity index (χ4n) is 1.53. The van der Waals surface area contributed by atoms with E-state index in [0.29, 0.717) is 13.0 Å². The molecule has 0 spiro atoms. The molecule has 1 aliphatic carbocycles. The van der Waals surface area contributed by atoms with Crippen molar-refractivity contribution < 1.29 is 19.4 Å². The molecular formula is C10H17NO4. The summed E-state index contributed by atoms with van der Waals surface area (Å²) < 4.78 is 4.94. The Bertz CT molecular complexity index is 254. The second-order valence-electron chi connectivity index (χ2n) is 3.86. The fourth-order valence-corrected chi connectivity index (χ4v) is 1.53. The van der Waals surface area contributed by atoms with Crippen molar-refractivity contribution in [3.63, 3.8) is 0 Å². The van der Waals surface area contributed by atoms with Crippen LogP contribution in [0.15, 0.2) is 0 Å². The lowest BCUT2D eigenvalue weighted by Crippen LogP contribution is -2.38. The summed E-state index contributed by atoms with van der Waals surface area (Å²) in [6, 6.07) is -0.0162. The summed E-state index contributed by atoms with van der Waals surface area (Å²) in [6.45, 7) is 2.41. The lowest BCUT2D eigenvalue weighted by molar-refractivity contribution is -0.140. The molecule has 1 amide bonds. The number of aliphatic carboxylic acids is 1. The average Bonchev–Trinajstić information content (AvgIpc) is 2.96. The molecular weight excluding hydrogens is 198 g/mol. The van der Waals surface area contributed by atoms with Crippen LogP contribution >= 0.6 is 0 Å². The van der Waals surface area contributed by atoms with E-state index in [0.717, 1.165) is 6.42 Å². The molecule has 5 heteroatoms. The Labute approximate surface area is 88.8 Å². The SMILES string of the molecule is CCC(COC)NC(=O)[C@@H]1C[C@@H]1C(=O)O. The second kappa shape index (κ2) is 5.11. The molecule has 1 rings (SSSR count). The zero-order valence-corrected chi connectivity index (χ0v) is 9.03. The first-order valence-electron chi connectivity index (χ1n) is 5.12. The monoisotopic (exact) mass is 215 g/mol. The molecule has 1 fully saturated rings. The first-order valence-corrected chi connectivity index (χ1v) is 5.12. The first kappa shape index (κ1) is 12.0. The third-order valence-electron chi connectivity index (χ3n) is 2.65. The number of carbonyl (C=O) groups is 2. The minimum absolute atomic E-state index is 0.0162. The molecule has 1 aliphatic rings. The van der Waals surface area contributed by atoms with Crippen LogP contribution in [0.4, 0.5) is 0 Å². The van der Waals surface area contributed by atoms with E-state index >= 15 is 0 Å². The Morgan fingerprint density at radius 1 is 1.53 bits per heavy atom. The van der Waals surface area contributed by atoms with Crippen molar-refractivity contribution in [2.75, 3.05) is 13.7 Å². The lowest BCUT2D eigenvalue weighted by atomic mass is 10.2. The maximum Gasteiger partial charge on any atom is 0.307 e. The van der Waals surface area contributed by atoms with E-state index in [9.17, 15) is 9.59 Å². The van der Waals surface area contributed by atoms with Gasteiger partial charge in [-0.2, -0.15) is 0 Å². The van der Waals surface area contributed by atoms with Gasteiger partial charge in [0.25, 0.3) is 0 Å². The molecule has 0 aromatic rings. The van der Waals surface area contributed by atoms with Gasteiger partial charge in [-0.1, -0.05) is 6.92 Å². The van der Waals surface area contributed by atoms with Crippen LogP contribution in [0.1, 0.15) is 19.8 Å². The first-order chi connectivity index (χ1) is 7.10. The van der Waals surface area contributed by atoms with E-state index in [1.165, 1.54) is 0 Å². The van der Waals surface area contributed by atoms with Crippen molar-refractivity contribution >= 4 is 11.9 Å². The number of carbonyl (C=O) groups excluding carboxylic acids is 1. The van der Waals surface area contributed by atoms with Crippen molar-refractivity contribution in [1.82, 2.24) is 5.32 Å². The Morgan fingerprint density at radius 3 is 2.60 bits per heavy atom. The molecule has 1 unspecified atom stereocenters. The summed E-state index contributed by atoms with van der Waals surface area (Å²) in [4.78, 5) is 22.1. The molecule has 2 N–H and O–H groups in total. The van der Waals surface area contributed by atoms with Crippen molar-refractivity contribution in [2.45, 2.75) is 25.8 Å². The molecule has 0 aromatic carbocycles. The van der Waals surface area contributed by atoms with Crippen LogP contribution in [-0.2, 0) is 14.3 Å². The Balaban J connectivity index is 2.33. The zero-order chi connectivity index (χ0) is 11.4. The van der Waals surface area contributed by atoms with Crippen LogP contribution in [0.2, 0.25) is 0 Å². The van der Waals surface area contributed by atoms with Crippen molar-refractivity contribution in [3.05, 3.63) is 0 Å². The van der Waals surface area contributed by atoms with E-state index in [1.54, 1.807) is 7.11 Å². The summed E-state index contributed by atoms with van der Waals surface area (Å²) in [5.74, 6) is -1.86. The number of carboxylic acid groups (broad SMARTS) is 1. The van der Waals surface area contributed by atoms with Gasteiger partial charge < -0.3 is 15.2 Å². The Morgan fingerprint density at radius 2 is 2.20 bits per heavy atom. The van der Waals surface area contributed by atoms with Crippen LogP contribution in [0.25, 0.3) is 0 Å². The highest BCUT2D eigenvalue weighted by atomic mass is 16.5. The Kier molecular flexibility index (Phi) is 4.08.